The summed E-state index contributed by atoms with van der Waals surface area (Å²) in [4.78, 5) is 2.43. The SMILES string of the molecule is CN1CCC(c2nn(C)c3c2CCCCN3)CC1. The number of rotatable bonds is 1. The van der Waals surface area contributed by atoms with Gasteiger partial charge in [-0.05, 0) is 52.2 Å². The highest BCUT2D eigenvalue weighted by Crippen LogP contribution is 2.34. The molecular weight excluding hydrogens is 224 g/mol. The Labute approximate surface area is 109 Å². The van der Waals surface area contributed by atoms with Gasteiger partial charge in [0.1, 0.15) is 5.82 Å². The molecule has 2 aliphatic rings. The number of hydrogen-bond donors (Lipinski definition) is 1. The van der Waals surface area contributed by atoms with E-state index in [2.05, 4.69) is 29.0 Å². The Morgan fingerprint density at radius 1 is 1.17 bits per heavy atom. The van der Waals surface area contributed by atoms with Crippen LogP contribution >= 0.6 is 0 Å². The molecule has 18 heavy (non-hydrogen) atoms. The monoisotopic (exact) mass is 248 g/mol. The van der Waals surface area contributed by atoms with Crippen molar-refractivity contribution in [2.75, 3.05) is 32.0 Å². The topological polar surface area (TPSA) is 33.1 Å². The van der Waals surface area contributed by atoms with Gasteiger partial charge >= 0.3 is 0 Å². The molecule has 3 rings (SSSR count). The second-order valence-electron chi connectivity index (χ2n) is 5.80. The van der Waals surface area contributed by atoms with Gasteiger partial charge < -0.3 is 10.2 Å². The molecule has 0 aromatic carbocycles. The van der Waals surface area contributed by atoms with E-state index < -0.39 is 0 Å². The zero-order valence-corrected chi connectivity index (χ0v) is 11.6. The number of aromatic nitrogens is 2. The lowest BCUT2D eigenvalue weighted by atomic mass is 9.90. The number of hydrogen-bond acceptors (Lipinski definition) is 3. The summed E-state index contributed by atoms with van der Waals surface area (Å²) in [5.74, 6) is 1.96. The number of anilines is 1. The van der Waals surface area contributed by atoms with Crippen molar-refractivity contribution in [3.05, 3.63) is 11.3 Å². The van der Waals surface area contributed by atoms with E-state index in [0.717, 1.165) is 6.54 Å². The van der Waals surface area contributed by atoms with Crippen LogP contribution in [0.25, 0.3) is 0 Å². The van der Waals surface area contributed by atoms with E-state index in [0.29, 0.717) is 5.92 Å². The van der Waals surface area contributed by atoms with Crippen LogP contribution in [-0.4, -0.2) is 41.4 Å². The summed E-state index contributed by atoms with van der Waals surface area (Å²) >= 11 is 0. The molecule has 1 aromatic heterocycles. The Balaban J connectivity index is 1.88. The van der Waals surface area contributed by atoms with Gasteiger partial charge in [0.2, 0.25) is 0 Å². The lowest BCUT2D eigenvalue weighted by Gasteiger charge is -2.28. The molecule has 2 aliphatic heterocycles. The largest absolute Gasteiger partial charge is 0.370 e. The van der Waals surface area contributed by atoms with Crippen molar-refractivity contribution in [3.63, 3.8) is 0 Å². The number of aryl methyl sites for hydroxylation is 1. The lowest BCUT2D eigenvalue weighted by Crippen LogP contribution is -2.29. The Bertz CT molecular complexity index is 416. The van der Waals surface area contributed by atoms with Crippen LogP contribution in [0.2, 0.25) is 0 Å². The zero-order chi connectivity index (χ0) is 12.5. The average Bonchev–Trinajstić information content (AvgIpc) is 2.56. The van der Waals surface area contributed by atoms with Gasteiger partial charge in [-0.15, -0.1) is 0 Å². The van der Waals surface area contributed by atoms with Gasteiger partial charge in [-0.3, -0.25) is 4.68 Å². The molecule has 0 radical (unpaired) electrons. The van der Waals surface area contributed by atoms with E-state index in [4.69, 9.17) is 5.10 Å². The summed E-state index contributed by atoms with van der Waals surface area (Å²) in [5, 5.41) is 8.37. The molecule has 0 amide bonds. The quantitative estimate of drug-likeness (QED) is 0.825. The highest BCUT2D eigenvalue weighted by molar-refractivity contribution is 5.49. The van der Waals surface area contributed by atoms with E-state index in [1.54, 1.807) is 0 Å². The highest BCUT2D eigenvalue weighted by atomic mass is 15.3. The van der Waals surface area contributed by atoms with Crippen molar-refractivity contribution in [2.45, 2.75) is 38.0 Å². The normalized spacial score (nSPS) is 22.3. The van der Waals surface area contributed by atoms with E-state index in [1.807, 2.05) is 0 Å². The number of nitrogens with one attached hydrogen (secondary N) is 1. The molecular formula is C14H24N4. The first kappa shape index (κ1) is 12.0. The van der Waals surface area contributed by atoms with Crippen LogP contribution in [0.5, 0.6) is 0 Å². The van der Waals surface area contributed by atoms with Gasteiger partial charge in [-0.1, -0.05) is 0 Å². The fraction of sp³-hybridized carbons (Fsp3) is 0.786. The van der Waals surface area contributed by atoms with E-state index >= 15 is 0 Å². The third-order valence-corrected chi connectivity index (χ3v) is 4.43. The maximum absolute atomic E-state index is 4.82. The molecule has 3 heterocycles. The molecule has 0 atom stereocenters. The van der Waals surface area contributed by atoms with Crippen LogP contribution in [-0.2, 0) is 13.5 Å². The van der Waals surface area contributed by atoms with Crippen LogP contribution in [0, 0.1) is 0 Å². The molecule has 4 heteroatoms. The van der Waals surface area contributed by atoms with Gasteiger partial charge in [0.25, 0.3) is 0 Å². The third kappa shape index (κ3) is 2.14. The first-order valence-corrected chi connectivity index (χ1v) is 7.24. The van der Waals surface area contributed by atoms with E-state index in [9.17, 15) is 0 Å². The molecule has 100 valence electrons. The minimum Gasteiger partial charge on any atom is -0.370 e. The second kappa shape index (κ2) is 4.92. The van der Waals surface area contributed by atoms with Crippen molar-refractivity contribution < 1.29 is 0 Å². The van der Waals surface area contributed by atoms with Crippen LogP contribution in [0.3, 0.4) is 0 Å². The molecule has 1 saturated heterocycles. The number of likely N-dealkylation sites (tertiary alicyclic amines) is 1. The van der Waals surface area contributed by atoms with Crippen LogP contribution in [0.1, 0.15) is 42.9 Å². The van der Waals surface area contributed by atoms with Gasteiger partial charge in [0, 0.05) is 25.1 Å². The number of fused-ring (bicyclic) bond motifs is 1. The fourth-order valence-electron chi connectivity index (χ4n) is 3.30. The molecule has 1 aromatic rings. The summed E-state index contributed by atoms with van der Waals surface area (Å²) < 4.78 is 2.06. The molecule has 0 spiro atoms. The van der Waals surface area contributed by atoms with Crippen molar-refractivity contribution >= 4 is 5.82 Å². The smallest absolute Gasteiger partial charge is 0.127 e. The summed E-state index contributed by atoms with van der Waals surface area (Å²) in [5.41, 5.74) is 2.89. The number of nitrogens with zero attached hydrogens (tertiary/aromatic N) is 3. The van der Waals surface area contributed by atoms with Gasteiger partial charge in [0.15, 0.2) is 0 Å². The maximum Gasteiger partial charge on any atom is 0.127 e. The van der Waals surface area contributed by atoms with Crippen LogP contribution < -0.4 is 5.32 Å². The second-order valence-corrected chi connectivity index (χ2v) is 5.80. The van der Waals surface area contributed by atoms with Crippen molar-refractivity contribution in [1.29, 1.82) is 0 Å². The predicted molar refractivity (Wildman–Crippen MR) is 74.1 cm³/mol. The molecule has 0 aliphatic carbocycles. The first-order valence-electron chi connectivity index (χ1n) is 7.24. The van der Waals surface area contributed by atoms with Crippen LogP contribution in [0.15, 0.2) is 0 Å². The van der Waals surface area contributed by atoms with Crippen molar-refractivity contribution in [3.8, 4) is 0 Å². The van der Waals surface area contributed by atoms with Crippen LogP contribution in [0.4, 0.5) is 5.82 Å². The molecule has 0 saturated carbocycles. The highest BCUT2D eigenvalue weighted by Gasteiger charge is 2.26. The minimum atomic E-state index is 0.677. The Morgan fingerprint density at radius 2 is 1.94 bits per heavy atom. The molecule has 1 N–H and O–H groups in total. The Kier molecular flexibility index (Phi) is 3.29. The molecule has 0 unspecified atom stereocenters. The molecule has 1 fully saturated rings. The third-order valence-electron chi connectivity index (χ3n) is 4.43. The Hall–Kier alpha value is -1.03. The summed E-state index contributed by atoms with van der Waals surface area (Å²) in [6.45, 7) is 3.52. The van der Waals surface area contributed by atoms with E-state index in [-0.39, 0.29) is 0 Å². The predicted octanol–water partition coefficient (Wildman–Crippen LogP) is 1.98. The van der Waals surface area contributed by atoms with Crippen molar-refractivity contribution in [2.24, 2.45) is 7.05 Å². The van der Waals surface area contributed by atoms with E-state index in [1.165, 1.54) is 62.3 Å². The standard InChI is InChI=1S/C14H24N4/c1-17-9-6-11(7-10-17)13-12-5-3-4-8-15-14(12)18(2)16-13/h11,15H,3-10H2,1-2H3. The number of piperidine rings is 1. The van der Waals surface area contributed by atoms with Gasteiger partial charge in [0.05, 0.1) is 5.69 Å². The summed E-state index contributed by atoms with van der Waals surface area (Å²) in [6, 6.07) is 0. The summed E-state index contributed by atoms with van der Waals surface area (Å²) in [7, 11) is 4.30. The van der Waals surface area contributed by atoms with Gasteiger partial charge in [-0.2, -0.15) is 5.10 Å². The minimum absolute atomic E-state index is 0.677. The molecule has 4 nitrogen and oxygen atoms in total. The average molecular weight is 248 g/mol. The fourth-order valence-corrected chi connectivity index (χ4v) is 3.30. The molecule has 0 bridgehead atoms. The maximum atomic E-state index is 4.82. The first-order chi connectivity index (χ1) is 8.75. The van der Waals surface area contributed by atoms with Gasteiger partial charge in [-0.25, -0.2) is 0 Å². The van der Waals surface area contributed by atoms with Crippen molar-refractivity contribution in [1.82, 2.24) is 14.7 Å². The Morgan fingerprint density at radius 3 is 2.72 bits per heavy atom. The lowest BCUT2D eigenvalue weighted by molar-refractivity contribution is 0.252. The zero-order valence-electron chi connectivity index (χ0n) is 11.6. The summed E-state index contributed by atoms with van der Waals surface area (Å²) in [6.07, 6.45) is 6.31.